The van der Waals surface area contributed by atoms with Gasteiger partial charge >= 0.3 is 6.18 Å². The van der Waals surface area contributed by atoms with Gasteiger partial charge in [0.15, 0.2) is 0 Å². The van der Waals surface area contributed by atoms with Crippen LogP contribution in [0.5, 0.6) is 0 Å². The first-order valence-electron chi connectivity index (χ1n) is 7.28. The van der Waals surface area contributed by atoms with E-state index in [-0.39, 0.29) is 6.42 Å². The van der Waals surface area contributed by atoms with Gasteiger partial charge in [0.25, 0.3) is 0 Å². The highest BCUT2D eigenvalue weighted by molar-refractivity contribution is 5.03. The van der Waals surface area contributed by atoms with Crippen LogP contribution >= 0.6 is 0 Å². The normalized spacial score (nSPS) is 25.6. The average Bonchev–Trinajstić information content (AvgIpc) is 2.85. The molecule has 0 spiro atoms. The molecule has 0 amide bonds. The Hall–Kier alpha value is -1.04. The number of aromatic nitrogens is 2. The number of imidazole rings is 1. The predicted molar refractivity (Wildman–Crippen MR) is 70.9 cm³/mol. The molecule has 1 heterocycles. The van der Waals surface area contributed by atoms with Crippen LogP contribution in [0.25, 0.3) is 0 Å². The molecule has 3 nitrogen and oxygen atoms in total. The summed E-state index contributed by atoms with van der Waals surface area (Å²) in [4.78, 5) is 4.20. The first kappa shape index (κ1) is 15.4. The minimum absolute atomic E-state index is 0.191. The molecule has 2 rings (SSSR count). The molecular weight excluding hydrogens is 267 g/mol. The van der Waals surface area contributed by atoms with Crippen LogP contribution in [0.2, 0.25) is 0 Å². The number of nitrogens with two attached hydrogens (primary N) is 1. The van der Waals surface area contributed by atoms with E-state index in [4.69, 9.17) is 5.73 Å². The van der Waals surface area contributed by atoms with Crippen LogP contribution in [-0.4, -0.2) is 15.7 Å². The summed E-state index contributed by atoms with van der Waals surface area (Å²) in [5.74, 6) is -1.26. The Bertz CT molecular complexity index is 428. The van der Waals surface area contributed by atoms with Crippen molar-refractivity contribution in [2.24, 2.45) is 17.6 Å². The molecule has 114 valence electrons. The van der Waals surface area contributed by atoms with Crippen molar-refractivity contribution in [3.05, 3.63) is 18.2 Å². The Morgan fingerprint density at radius 2 is 2.10 bits per heavy atom. The maximum Gasteiger partial charge on any atom is 0.392 e. The van der Waals surface area contributed by atoms with Crippen LogP contribution in [-0.2, 0) is 6.54 Å². The van der Waals surface area contributed by atoms with Crippen LogP contribution in [0, 0.1) is 11.8 Å². The van der Waals surface area contributed by atoms with E-state index in [1.54, 1.807) is 12.4 Å². The lowest BCUT2D eigenvalue weighted by atomic mass is 9.74. The summed E-state index contributed by atoms with van der Waals surface area (Å²) in [5, 5.41) is 0. The Morgan fingerprint density at radius 3 is 2.75 bits per heavy atom. The van der Waals surface area contributed by atoms with Crippen LogP contribution in [0.1, 0.15) is 50.9 Å². The monoisotopic (exact) mass is 289 g/mol. The standard InChI is InChI=1S/C14H22F3N3/c1-2-8-20-9-7-19-13(20)12(18)10-5-3-4-6-11(10)14(15,16)17/h7,9-12H,2-6,8,18H2,1H3. The van der Waals surface area contributed by atoms with Crippen molar-refractivity contribution in [3.8, 4) is 0 Å². The van der Waals surface area contributed by atoms with E-state index < -0.39 is 24.1 Å². The lowest BCUT2D eigenvalue weighted by molar-refractivity contribution is -0.198. The van der Waals surface area contributed by atoms with Crippen LogP contribution in [0.4, 0.5) is 13.2 Å². The zero-order valence-electron chi connectivity index (χ0n) is 11.7. The molecular formula is C14H22F3N3. The highest BCUT2D eigenvalue weighted by Crippen LogP contribution is 2.45. The van der Waals surface area contributed by atoms with Gasteiger partial charge in [0.1, 0.15) is 5.82 Å². The summed E-state index contributed by atoms with van der Waals surface area (Å²) in [7, 11) is 0. The number of hydrogen-bond donors (Lipinski definition) is 1. The van der Waals surface area contributed by atoms with E-state index in [2.05, 4.69) is 4.98 Å². The maximum atomic E-state index is 13.2. The third-order valence-corrected chi connectivity index (χ3v) is 4.21. The third kappa shape index (κ3) is 3.16. The number of rotatable bonds is 4. The lowest BCUT2D eigenvalue weighted by Gasteiger charge is -2.36. The molecule has 3 atom stereocenters. The fraction of sp³-hybridized carbons (Fsp3) is 0.786. The zero-order chi connectivity index (χ0) is 14.8. The van der Waals surface area contributed by atoms with Crippen LogP contribution in [0.3, 0.4) is 0 Å². The first-order chi connectivity index (χ1) is 9.45. The molecule has 1 aromatic heterocycles. The zero-order valence-corrected chi connectivity index (χ0v) is 11.7. The Morgan fingerprint density at radius 1 is 1.40 bits per heavy atom. The topological polar surface area (TPSA) is 43.8 Å². The minimum Gasteiger partial charge on any atom is -0.334 e. The van der Waals surface area contributed by atoms with Gasteiger partial charge in [-0.25, -0.2) is 4.98 Å². The van der Waals surface area contributed by atoms with Crippen LogP contribution in [0.15, 0.2) is 12.4 Å². The smallest absolute Gasteiger partial charge is 0.334 e. The summed E-state index contributed by atoms with van der Waals surface area (Å²) >= 11 is 0. The summed E-state index contributed by atoms with van der Waals surface area (Å²) < 4.78 is 41.4. The highest BCUT2D eigenvalue weighted by atomic mass is 19.4. The molecule has 1 aliphatic rings. The van der Waals surface area contributed by atoms with E-state index in [0.717, 1.165) is 19.4 Å². The number of hydrogen-bond acceptors (Lipinski definition) is 2. The molecule has 1 aromatic rings. The second-order valence-corrected chi connectivity index (χ2v) is 5.60. The van der Waals surface area contributed by atoms with Crippen molar-refractivity contribution in [3.63, 3.8) is 0 Å². The van der Waals surface area contributed by atoms with Crippen molar-refractivity contribution in [2.75, 3.05) is 0 Å². The van der Waals surface area contributed by atoms with Gasteiger partial charge in [-0.1, -0.05) is 19.8 Å². The second-order valence-electron chi connectivity index (χ2n) is 5.60. The van der Waals surface area contributed by atoms with E-state index in [1.807, 2.05) is 11.5 Å². The maximum absolute atomic E-state index is 13.2. The van der Waals surface area contributed by atoms with Crippen molar-refractivity contribution in [1.82, 2.24) is 9.55 Å². The van der Waals surface area contributed by atoms with Crippen molar-refractivity contribution >= 4 is 0 Å². The summed E-state index contributed by atoms with van der Waals surface area (Å²) in [5.41, 5.74) is 6.15. The molecule has 1 saturated carbocycles. The van der Waals surface area contributed by atoms with Crippen molar-refractivity contribution < 1.29 is 13.2 Å². The van der Waals surface area contributed by atoms with Gasteiger partial charge in [0.05, 0.1) is 12.0 Å². The molecule has 1 fully saturated rings. The number of alkyl halides is 3. The molecule has 3 unspecified atom stereocenters. The van der Waals surface area contributed by atoms with Gasteiger partial charge in [-0.2, -0.15) is 13.2 Å². The van der Waals surface area contributed by atoms with E-state index in [1.165, 1.54) is 0 Å². The van der Waals surface area contributed by atoms with Crippen LogP contribution < -0.4 is 5.73 Å². The first-order valence-corrected chi connectivity index (χ1v) is 7.28. The second kappa shape index (κ2) is 6.16. The largest absolute Gasteiger partial charge is 0.392 e. The molecule has 6 heteroatoms. The Labute approximate surface area is 117 Å². The molecule has 20 heavy (non-hydrogen) atoms. The third-order valence-electron chi connectivity index (χ3n) is 4.21. The quantitative estimate of drug-likeness (QED) is 0.919. The van der Waals surface area contributed by atoms with Crippen molar-refractivity contribution in [2.45, 2.75) is 57.8 Å². The number of halogens is 3. The summed E-state index contributed by atoms with van der Waals surface area (Å²) in [6, 6.07) is -0.636. The molecule has 1 aliphatic carbocycles. The summed E-state index contributed by atoms with van der Waals surface area (Å²) in [6.45, 7) is 2.76. The fourth-order valence-electron chi connectivity index (χ4n) is 3.24. The SMILES string of the molecule is CCCn1ccnc1C(N)C1CCCCC1C(F)(F)F. The Kier molecular flexibility index (Phi) is 4.73. The minimum atomic E-state index is -4.16. The van der Waals surface area contributed by atoms with Gasteiger partial charge in [-0.3, -0.25) is 0 Å². The summed E-state index contributed by atoms with van der Waals surface area (Å²) in [6.07, 6.45) is 2.34. The molecule has 2 N–H and O–H groups in total. The van der Waals surface area contributed by atoms with E-state index in [0.29, 0.717) is 18.7 Å². The van der Waals surface area contributed by atoms with Gasteiger partial charge in [-0.15, -0.1) is 0 Å². The van der Waals surface area contributed by atoms with Crippen molar-refractivity contribution in [1.29, 1.82) is 0 Å². The van der Waals surface area contributed by atoms with Gasteiger partial charge in [0, 0.05) is 18.9 Å². The van der Waals surface area contributed by atoms with E-state index in [9.17, 15) is 13.2 Å². The van der Waals surface area contributed by atoms with Gasteiger partial charge < -0.3 is 10.3 Å². The highest BCUT2D eigenvalue weighted by Gasteiger charge is 2.48. The number of aryl methyl sites for hydroxylation is 1. The lowest BCUT2D eigenvalue weighted by Crippen LogP contribution is -2.39. The molecule has 0 radical (unpaired) electrons. The predicted octanol–water partition coefficient (Wildman–Crippen LogP) is 3.66. The van der Waals surface area contributed by atoms with E-state index >= 15 is 0 Å². The molecule has 0 aliphatic heterocycles. The Balaban J connectivity index is 2.21. The van der Waals surface area contributed by atoms with Gasteiger partial charge in [-0.05, 0) is 25.2 Å². The van der Waals surface area contributed by atoms with Gasteiger partial charge in [0.2, 0.25) is 0 Å². The average molecular weight is 289 g/mol. The molecule has 0 aromatic carbocycles. The fourth-order valence-corrected chi connectivity index (χ4v) is 3.24. The molecule has 0 saturated heterocycles. The number of nitrogens with zero attached hydrogens (tertiary/aromatic N) is 2. The molecule has 0 bridgehead atoms.